The average Bonchev–Trinajstić information content (AvgIpc) is 3.22. The SMILES string of the molecule is O=C(CCN1C(=O)C(=Cc2ccccc2)SC1=S)NCc1ccco1. The lowest BCUT2D eigenvalue weighted by Crippen LogP contribution is -2.33. The predicted octanol–water partition coefficient (Wildman–Crippen LogP) is 3.19. The number of carbonyl (C=O) groups excluding carboxylic acids is 2. The van der Waals surface area contributed by atoms with Gasteiger partial charge in [0.05, 0.1) is 17.7 Å². The summed E-state index contributed by atoms with van der Waals surface area (Å²) in [4.78, 5) is 26.5. The van der Waals surface area contributed by atoms with Gasteiger partial charge >= 0.3 is 0 Å². The van der Waals surface area contributed by atoms with Crippen LogP contribution in [0.15, 0.2) is 58.1 Å². The molecule has 1 aromatic heterocycles. The van der Waals surface area contributed by atoms with Gasteiger partial charge in [0, 0.05) is 13.0 Å². The van der Waals surface area contributed by atoms with Crippen LogP contribution >= 0.6 is 24.0 Å². The molecule has 5 nitrogen and oxygen atoms in total. The number of carbonyl (C=O) groups is 2. The number of nitrogens with zero attached hydrogens (tertiary/aromatic N) is 1. The number of amides is 2. The summed E-state index contributed by atoms with van der Waals surface area (Å²) in [6, 6.07) is 13.1. The van der Waals surface area contributed by atoms with Gasteiger partial charge < -0.3 is 9.73 Å². The first-order valence-electron chi connectivity index (χ1n) is 7.73. The van der Waals surface area contributed by atoms with Crippen LogP contribution in [0.1, 0.15) is 17.7 Å². The molecule has 0 atom stereocenters. The molecule has 2 aromatic rings. The Kier molecular flexibility index (Phi) is 5.67. The van der Waals surface area contributed by atoms with E-state index in [4.69, 9.17) is 16.6 Å². The fourth-order valence-electron chi connectivity index (χ4n) is 2.29. The van der Waals surface area contributed by atoms with Gasteiger partial charge in [-0.15, -0.1) is 0 Å². The Morgan fingerprint density at radius 1 is 1.24 bits per heavy atom. The van der Waals surface area contributed by atoms with E-state index in [0.29, 0.717) is 21.5 Å². The summed E-state index contributed by atoms with van der Waals surface area (Å²) in [5.74, 6) is 0.375. The minimum atomic E-state index is -0.155. The molecule has 1 fully saturated rings. The molecule has 3 rings (SSSR count). The van der Waals surface area contributed by atoms with E-state index in [1.165, 1.54) is 16.7 Å². The lowest BCUT2D eigenvalue weighted by Gasteiger charge is -2.13. The zero-order valence-corrected chi connectivity index (χ0v) is 14.9. The van der Waals surface area contributed by atoms with Gasteiger partial charge in [-0.3, -0.25) is 14.5 Å². The molecule has 0 radical (unpaired) electrons. The van der Waals surface area contributed by atoms with E-state index in [2.05, 4.69) is 5.32 Å². The first-order chi connectivity index (χ1) is 12.1. The molecule has 2 amide bonds. The summed E-state index contributed by atoms with van der Waals surface area (Å²) >= 11 is 6.53. The zero-order chi connectivity index (χ0) is 17.6. The Bertz CT molecular complexity index is 801. The van der Waals surface area contributed by atoms with Gasteiger partial charge in [0.25, 0.3) is 5.91 Å². The molecule has 1 N–H and O–H groups in total. The minimum absolute atomic E-state index is 0.155. The predicted molar refractivity (Wildman–Crippen MR) is 101 cm³/mol. The van der Waals surface area contributed by atoms with E-state index in [9.17, 15) is 9.59 Å². The molecule has 0 spiro atoms. The largest absolute Gasteiger partial charge is 0.467 e. The molecule has 128 valence electrons. The van der Waals surface area contributed by atoms with Crippen LogP contribution in [0.3, 0.4) is 0 Å². The van der Waals surface area contributed by atoms with Crippen molar-refractivity contribution in [3.8, 4) is 0 Å². The van der Waals surface area contributed by atoms with Crippen LogP contribution in [0.4, 0.5) is 0 Å². The zero-order valence-electron chi connectivity index (χ0n) is 13.3. The number of benzene rings is 1. The number of hydrogen-bond donors (Lipinski definition) is 1. The van der Waals surface area contributed by atoms with Crippen molar-refractivity contribution in [1.82, 2.24) is 10.2 Å². The topological polar surface area (TPSA) is 62.6 Å². The molecular formula is C18H16N2O3S2. The van der Waals surface area contributed by atoms with Crippen molar-refractivity contribution in [2.45, 2.75) is 13.0 Å². The van der Waals surface area contributed by atoms with Gasteiger partial charge in [-0.1, -0.05) is 54.3 Å². The maximum atomic E-state index is 12.5. The van der Waals surface area contributed by atoms with E-state index in [-0.39, 0.29) is 24.8 Å². The first kappa shape index (κ1) is 17.4. The molecular weight excluding hydrogens is 356 g/mol. The number of furan rings is 1. The number of rotatable bonds is 6. The van der Waals surface area contributed by atoms with Crippen molar-refractivity contribution in [2.24, 2.45) is 0 Å². The fourth-order valence-corrected chi connectivity index (χ4v) is 3.60. The summed E-state index contributed by atoms with van der Waals surface area (Å²) in [7, 11) is 0. The van der Waals surface area contributed by atoms with Gasteiger partial charge in [-0.25, -0.2) is 0 Å². The van der Waals surface area contributed by atoms with Crippen molar-refractivity contribution in [2.75, 3.05) is 6.54 Å². The molecule has 1 aliphatic rings. The number of nitrogens with one attached hydrogen (secondary N) is 1. The van der Waals surface area contributed by atoms with Crippen LogP contribution in [0, 0.1) is 0 Å². The molecule has 25 heavy (non-hydrogen) atoms. The fraction of sp³-hybridized carbons (Fsp3) is 0.167. The third kappa shape index (κ3) is 4.58. The van der Waals surface area contributed by atoms with Crippen LogP contribution in [-0.4, -0.2) is 27.6 Å². The van der Waals surface area contributed by atoms with Crippen molar-refractivity contribution >= 4 is 46.2 Å². The summed E-state index contributed by atoms with van der Waals surface area (Å²) in [5.41, 5.74) is 0.944. The van der Waals surface area contributed by atoms with Crippen LogP contribution < -0.4 is 5.32 Å². The smallest absolute Gasteiger partial charge is 0.266 e. The molecule has 0 saturated carbocycles. The first-order valence-corrected chi connectivity index (χ1v) is 8.95. The molecule has 0 aliphatic carbocycles. The standard InChI is InChI=1S/C18H16N2O3S2/c21-16(19-12-14-7-4-10-23-14)8-9-20-17(22)15(25-18(20)24)11-13-5-2-1-3-6-13/h1-7,10-11H,8-9,12H2,(H,19,21). The average molecular weight is 372 g/mol. The molecule has 0 unspecified atom stereocenters. The highest BCUT2D eigenvalue weighted by atomic mass is 32.2. The quantitative estimate of drug-likeness (QED) is 0.623. The van der Waals surface area contributed by atoms with Crippen LogP contribution in [0.5, 0.6) is 0 Å². The second-order valence-electron chi connectivity index (χ2n) is 5.35. The summed E-state index contributed by atoms with van der Waals surface area (Å²) in [6.45, 7) is 0.596. The van der Waals surface area contributed by atoms with E-state index in [1.807, 2.05) is 36.4 Å². The molecule has 7 heteroatoms. The Labute approximate surface area is 155 Å². The highest BCUT2D eigenvalue weighted by molar-refractivity contribution is 8.26. The number of thiocarbonyl (C=S) groups is 1. The third-order valence-electron chi connectivity index (χ3n) is 3.57. The minimum Gasteiger partial charge on any atom is -0.467 e. The van der Waals surface area contributed by atoms with Gasteiger partial charge in [0.15, 0.2) is 0 Å². The van der Waals surface area contributed by atoms with Gasteiger partial charge in [0.1, 0.15) is 10.1 Å². The Morgan fingerprint density at radius 2 is 2.04 bits per heavy atom. The third-order valence-corrected chi connectivity index (χ3v) is 4.95. The van der Waals surface area contributed by atoms with Gasteiger partial charge in [-0.2, -0.15) is 0 Å². The number of thioether (sulfide) groups is 1. The van der Waals surface area contributed by atoms with E-state index >= 15 is 0 Å². The Morgan fingerprint density at radius 3 is 2.76 bits per heavy atom. The summed E-state index contributed by atoms with van der Waals surface area (Å²) < 4.78 is 5.63. The maximum Gasteiger partial charge on any atom is 0.266 e. The highest BCUT2D eigenvalue weighted by Crippen LogP contribution is 2.32. The molecule has 1 aliphatic heterocycles. The lowest BCUT2D eigenvalue weighted by molar-refractivity contribution is -0.124. The van der Waals surface area contributed by atoms with Crippen molar-refractivity contribution in [1.29, 1.82) is 0 Å². The lowest BCUT2D eigenvalue weighted by atomic mass is 10.2. The Balaban J connectivity index is 1.54. The second-order valence-corrected chi connectivity index (χ2v) is 7.03. The second kappa shape index (κ2) is 8.13. The van der Waals surface area contributed by atoms with Crippen molar-refractivity contribution in [3.05, 3.63) is 65.0 Å². The summed E-state index contributed by atoms with van der Waals surface area (Å²) in [5, 5.41) is 2.75. The highest BCUT2D eigenvalue weighted by Gasteiger charge is 2.31. The van der Waals surface area contributed by atoms with Crippen molar-refractivity contribution < 1.29 is 14.0 Å². The van der Waals surface area contributed by atoms with E-state index < -0.39 is 0 Å². The molecule has 0 bridgehead atoms. The normalized spacial score (nSPS) is 15.8. The van der Waals surface area contributed by atoms with Crippen LogP contribution in [0.25, 0.3) is 6.08 Å². The van der Waals surface area contributed by atoms with Gasteiger partial charge in [-0.05, 0) is 23.8 Å². The van der Waals surface area contributed by atoms with E-state index in [1.54, 1.807) is 18.4 Å². The molecule has 2 heterocycles. The Hall–Kier alpha value is -2.38. The van der Waals surface area contributed by atoms with Crippen LogP contribution in [0.2, 0.25) is 0 Å². The monoisotopic (exact) mass is 372 g/mol. The van der Waals surface area contributed by atoms with Crippen LogP contribution in [-0.2, 0) is 16.1 Å². The van der Waals surface area contributed by atoms with E-state index in [0.717, 1.165) is 5.56 Å². The summed E-state index contributed by atoms with van der Waals surface area (Å²) in [6.07, 6.45) is 3.56. The van der Waals surface area contributed by atoms with Gasteiger partial charge in [0.2, 0.25) is 5.91 Å². The maximum absolute atomic E-state index is 12.5. The van der Waals surface area contributed by atoms with Crippen molar-refractivity contribution in [3.63, 3.8) is 0 Å². The number of hydrogen-bond acceptors (Lipinski definition) is 5. The molecule has 1 saturated heterocycles. The molecule has 1 aromatic carbocycles.